The zero-order valence-corrected chi connectivity index (χ0v) is 13.5. The first-order chi connectivity index (χ1) is 11.1. The Morgan fingerprint density at radius 1 is 1.09 bits per heavy atom. The van der Waals surface area contributed by atoms with E-state index in [0.717, 1.165) is 28.9 Å². The monoisotopic (exact) mass is 314 g/mol. The molecule has 122 valence electrons. The minimum absolute atomic E-state index is 0.173. The Hall–Kier alpha value is -2.49. The molecule has 0 saturated heterocycles. The third-order valence-electron chi connectivity index (χ3n) is 3.38. The molecule has 0 aliphatic heterocycles. The first kappa shape index (κ1) is 16.9. The number of phenolic OH excluding ortho intramolecular Hbond substituents is 1. The predicted octanol–water partition coefficient (Wildman–Crippen LogP) is 3.83. The van der Waals surface area contributed by atoms with Gasteiger partial charge in [0, 0.05) is 13.3 Å². The number of carbonyl (C=O) groups is 1. The largest absolute Gasteiger partial charge is 0.508 e. The molecule has 0 radical (unpaired) electrons. The molecule has 0 aromatic heterocycles. The van der Waals surface area contributed by atoms with Gasteiger partial charge < -0.3 is 14.6 Å². The van der Waals surface area contributed by atoms with Crippen LogP contribution < -0.4 is 4.74 Å². The van der Waals surface area contributed by atoms with Gasteiger partial charge in [-0.1, -0.05) is 31.2 Å². The van der Waals surface area contributed by atoms with E-state index in [1.807, 2.05) is 36.4 Å². The van der Waals surface area contributed by atoms with E-state index in [0.29, 0.717) is 13.0 Å². The van der Waals surface area contributed by atoms with Crippen molar-refractivity contribution in [3.63, 3.8) is 0 Å². The van der Waals surface area contributed by atoms with Crippen LogP contribution in [0, 0.1) is 0 Å². The van der Waals surface area contributed by atoms with Crippen molar-refractivity contribution in [2.45, 2.75) is 33.3 Å². The van der Waals surface area contributed by atoms with Gasteiger partial charge in [0.25, 0.3) is 0 Å². The molecule has 0 bridgehead atoms. The second-order valence-electron chi connectivity index (χ2n) is 5.41. The number of phenols is 1. The van der Waals surface area contributed by atoms with Crippen molar-refractivity contribution in [3.05, 3.63) is 59.2 Å². The minimum atomic E-state index is -0.334. The van der Waals surface area contributed by atoms with Gasteiger partial charge in [0.05, 0.1) is 6.61 Å². The molecule has 0 spiro atoms. The summed E-state index contributed by atoms with van der Waals surface area (Å²) < 4.78 is 10.5. The Kier molecular flexibility index (Phi) is 6.03. The first-order valence-corrected chi connectivity index (χ1v) is 7.74. The molecule has 4 nitrogen and oxygen atoms in total. The third-order valence-corrected chi connectivity index (χ3v) is 3.38. The molecule has 0 aliphatic rings. The Morgan fingerprint density at radius 2 is 1.78 bits per heavy atom. The molecule has 4 heteroatoms. The van der Waals surface area contributed by atoms with E-state index in [9.17, 15) is 9.90 Å². The van der Waals surface area contributed by atoms with Crippen LogP contribution in [-0.4, -0.2) is 17.7 Å². The van der Waals surface area contributed by atoms with E-state index in [4.69, 9.17) is 9.47 Å². The summed E-state index contributed by atoms with van der Waals surface area (Å²) in [6.07, 6.45) is 1.61. The zero-order valence-electron chi connectivity index (χ0n) is 13.5. The van der Waals surface area contributed by atoms with E-state index in [-0.39, 0.29) is 18.3 Å². The number of hydrogen-bond acceptors (Lipinski definition) is 4. The molecule has 2 aromatic carbocycles. The Morgan fingerprint density at radius 3 is 2.39 bits per heavy atom. The highest BCUT2D eigenvalue weighted by Crippen LogP contribution is 2.23. The fraction of sp³-hybridized carbons (Fsp3) is 0.316. The van der Waals surface area contributed by atoms with Gasteiger partial charge in [-0.15, -0.1) is 0 Å². The molecular formula is C19H22O4. The Labute approximate surface area is 136 Å². The molecule has 0 atom stereocenters. The Bertz CT molecular complexity index is 647. The SMILES string of the molecule is CCCOc1ccc(Cc2ccc(COC(C)=O)cc2O)cc1. The molecule has 2 aromatic rings. The van der Waals surface area contributed by atoms with Gasteiger partial charge in [-0.25, -0.2) is 0 Å². The number of benzene rings is 2. The van der Waals surface area contributed by atoms with E-state index >= 15 is 0 Å². The maximum absolute atomic E-state index is 10.8. The maximum atomic E-state index is 10.8. The molecule has 2 rings (SSSR count). The van der Waals surface area contributed by atoms with Crippen LogP contribution in [0.1, 0.15) is 37.0 Å². The molecule has 0 fully saturated rings. The van der Waals surface area contributed by atoms with Crippen molar-refractivity contribution in [2.24, 2.45) is 0 Å². The summed E-state index contributed by atoms with van der Waals surface area (Å²) in [5.74, 6) is 0.733. The lowest BCUT2D eigenvalue weighted by Crippen LogP contribution is -1.99. The van der Waals surface area contributed by atoms with Crippen LogP contribution in [0.25, 0.3) is 0 Å². The average Bonchev–Trinajstić information content (AvgIpc) is 2.54. The van der Waals surface area contributed by atoms with Crippen LogP contribution in [0.4, 0.5) is 0 Å². The topological polar surface area (TPSA) is 55.8 Å². The lowest BCUT2D eigenvalue weighted by molar-refractivity contribution is -0.142. The van der Waals surface area contributed by atoms with Gasteiger partial charge in [0.1, 0.15) is 18.1 Å². The number of carbonyl (C=O) groups excluding carboxylic acids is 1. The zero-order chi connectivity index (χ0) is 16.7. The summed E-state index contributed by atoms with van der Waals surface area (Å²) in [7, 11) is 0. The maximum Gasteiger partial charge on any atom is 0.302 e. The summed E-state index contributed by atoms with van der Waals surface area (Å²) in [6.45, 7) is 4.32. The average molecular weight is 314 g/mol. The van der Waals surface area contributed by atoms with Crippen LogP contribution in [-0.2, 0) is 22.6 Å². The van der Waals surface area contributed by atoms with Gasteiger partial charge in [-0.3, -0.25) is 4.79 Å². The molecule has 0 saturated carbocycles. The predicted molar refractivity (Wildman–Crippen MR) is 88.6 cm³/mol. The van der Waals surface area contributed by atoms with Gasteiger partial charge >= 0.3 is 5.97 Å². The summed E-state index contributed by atoms with van der Waals surface area (Å²) in [5.41, 5.74) is 2.69. The second-order valence-corrected chi connectivity index (χ2v) is 5.41. The number of ether oxygens (including phenoxy) is 2. The molecule has 0 heterocycles. The quantitative estimate of drug-likeness (QED) is 0.789. The van der Waals surface area contributed by atoms with E-state index in [1.54, 1.807) is 6.07 Å². The van der Waals surface area contributed by atoms with Gasteiger partial charge in [-0.05, 0) is 41.3 Å². The van der Waals surface area contributed by atoms with Gasteiger partial charge in [0.2, 0.25) is 0 Å². The van der Waals surface area contributed by atoms with Crippen molar-refractivity contribution < 1.29 is 19.4 Å². The highest BCUT2D eigenvalue weighted by Gasteiger charge is 2.06. The van der Waals surface area contributed by atoms with Crippen molar-refractivity contribution in [2.75, 3.05) is 6.61 Å². The number of hydrogen-bond donors (Lipinski definition) is 1. The molecule has 0 aliphatic carbocycles. The van der Waals surface area contributed by atoms with Crippen LogP contribution in [0.2, 0.25) is 0 Å². The molecule has 0 amide bonds. The summed E-state index contributed by atoms with van der Waals surface area (Å²) in [4.78, 5) is 10.8. The van der Waals surface area contributed by atoms with Gasteiger partial charge in [-0.2, -0.15) is 0 Å². The lowest BCUT2D eigenvalue weighted by atomic mass is 10.0. The van der Waals surface area contributed by atoms with Crippen LogP contribution >= 0.6 is 0 Å². The second kappa shape index (κ2) is 8.22. The summed E-state index contributed by atoms with van der Waals surface area (Å²) in [6, 6.07) is 13.2. The fourth-order valence-corrected chi connectivity index (χ4v) is 2.18. The van der Waals surface area contributed by atoms with Crippen LogP contribution in [0.3, 0.4) is 0 Å². The molecular weight excluding hydrogens is 292 g/mol. The molecule has 1 N–H and O–H groups in total. The minimum Gasteiger partial charge on any atom is -0.508 e. The molecule has 23 heavy (non-hydrogen) atoms. The van der Waals surface area contributed by atoms with E-state index < -0.39 is 0 Å². The summed E-state index contributed by atoms with van der Waals surface area (Å²) >= 11 is 0. The Balaban J connectivity index is 2.00. The van der Waals surface area contributed by atoms with Gasteiger partial charge in [0.15, 0.2) is 0 Å². The first-order valence-electron chi connectivity index (χ1n) is 7.74. The molecule has 0 unspecified atom stereocenters. The van der Waals surface area contributed by atoms with Crippen molar-refractivity contribution in [1.29, 1.82) is 0 Å². The lowest BCUT2D eigenvalue weighted by Gasteiger charge is -2.09. The normalized spacial score (nSPS) is 10.3. The van der Waals surface area contributed by atoms with Crippen molar-refractivity contribution in [1.82, 2.24) is 0 Å². The highest BCUT2D eigenvalue weighted by atomic mass is 16.5. The van der Waals surface area contributed by atoms with E-state index in [2.05, 4.69) is 6.92 Å². The van der Waals surface area contributed by atoms with Crippen molar-refractivity contribution in [3.8, 4) is 11.5 Å². The fourth-order valence-electron chi connectivity index (χ4n) is 2.18. The van der Waals surface area contributed by atoms with Crippen LogP contribution in [0.15, 0.2) is 42.5 Å². The van der Waals surface area contributed by atoms with E-state index in [1.165, 1.54) is 6.92 Å². The number of aromatic hydroxyl groups is 1. The highest BCUT2D eigenvalue weighted by molar-refractivity contribution is 5.65. The van der Waals surface area contributed by atoms with Crippen molar-refractivity contribution >= 4 is 5.97 Å². The third kappa shape index (κ3) is 5.33. The summed E-state index contributed by atoms with van der Waals surface area (Å²) in [5, 5.41) is 10.1. The number of rotatable bonds is 7. The standard InChI is InChI=1S/C19H22O4/c1-3-10-22-18-8-5-15(6-9-18)11-17-7-4-16(12-19(17)21)13-23-14(2)20/h4-9,12,21H,3,10-11,13H2,1-2H3. The number of esters is 1. The smallest absolute Gasteiger partial charge is 0.302 e. The van der Waals surface area contributed by atoms with Crippen LogP contribution in [0.5, 0.6) is 11.5 Å².